The molecule has 1 fully saturated rings. The van der Waals surface area contributed by atoms with Crippen molar-refractivity contribution in [3.8, 4) is 0 Å². The van der Waals surface area contributed by atoms with Crippen molar-refractivity contribution in [2.75, 3.05) is 18.5 Å². The summed E-state index contributed by atoms with van der Waals surface area (Å²) in [5.74, 6) is 0.178. The fourth-order valence-corrected chi connectivity index (χ4v) is 2.88. The maximum absolute atomic E-state index is 11.1. The second kappa shape index (κ2) is 5.65. The Kier molecular flexibility index (Phi) is 3.93. The average molecular weight is 344 g/mol. The Labute approximate surface area is 131 Å². The van der Waals surface area contributed by atoms with Gasteiger partial charge < -0.3 is 20.7 Å². The minimum Gasteiger partial charge on any atom is -0.387 e. The van der Waals surface area contributed by atoms with Gasteiger partial charge >= 0.3 is 0 Å². The predicted octanol–water partition coefficient (Wildman–Crippen LogP) is -2.42. The molecule has 3 rings (SSSR count). The van der Waals surface area contributed by atoms with Gasteiger partial charge in [0.15, 0.2) is 17.7 Å². The number of nitrogen functional groups attached to an aromatic ring is 1. The molecule has 0 unspecified atom stereocenters. The van der Waals surface area contributed by atoms with Crippen molar-refractivity contribution >= 4 is 27.0 Å². The number of anilines is 1. The predicted molar refractivity (Wildman–Crippen MR) is 78.5 cm³/mol. The molecule has 126 valence electrons. The van der Waals surface area contributed by atoms with Gasteiger partial charge in [-0.2, -0.15) is 0 Å². The van der Waals surface area contributed by atoms with Crippen LogP contribution in [0, 0.1) is 0 Å². The largest absolute Gasteiger partial charge is 0.387 e. The van der Waals surface area contributed by atoms with E-state index < -0.39 is 34.6 Å². The Morgan fingerprint density at radius 3 is 2.78 bits per heavy atom. The number of nitrogens with zero attached hydrogens (tertiary/aromatic N) is 4. The van der Waals surface area contributed by atoms with Crippen LogP contribution >= 0.6 is 0 Å². The molecular formula is C11H16N6O5S. The number of nitrogens with one attached hydrogen (secondary N) is 1. The van der Waals surface area contributed by atoms with Crippen LogP contribution in [-0.2, 0) is 14.8 Å². The Morgan fingerprint density at radius 2 is 2.09 bits per heavy atom. The van der Waals surface area contributed by atoms with Crippen molar-refractivity contribution in [3.63, 3.8) is 0 Å². The number of aromatic nitrogens is 4. The van der Waals surface area contributed by atoms with Crippen molar-refractivity contribution < 1.29 is 23.4 Å². The van der Waals surface area contributed by atoms with E-state index in [0.29, 0.717) is 11.2 Å². The number of ether oxygens (including phenoxy) is 1. The van der Waals surface area contributed by atoms with Crippen LogP contribution < -0.4 is 10.5 Å². The number of fused-ring (bicyclic) bond motifs is 1. The third-order valence-corrected chi connectivity index (χ3v) is 4.24. The summed E-state index contributed by atoms with van der Waals surface area (Å²) in [7, 11) is -3.44. The lowest BCUT2D eigenvalue weighted by Gasteiger charge is -2.16. The van der Waals surface area contributed by atoms with Crippen molar-refractivity contribution in [1.29, 1.82) is 0 Å². The van der Waals surface area contributed by atoms with Gasteiger partial charge in [-0.3, -0.25) is 4.57 Å². The molecule has 23 heavy (non-hydrogen) atoms. The SMILES string of the molecule is CS(=O)(=O)NC[C@H]1O[C@@H](n2cnc3c(N)ncnc32)[C@@H](O)[C@@H]1O. The fraction of sp³-hybridized carbons (Fsp3) is 0.545. The Balaban J connectivity index is 1.86. The highest BCUT2D eigenvalue weighted by Gasteiger charge is 2.44. The molecule has 0 saturated carbocycles. The first-order valence-electron chi connectivity index (χ1n) is 6.67. The van der Waals surface area contributed by atoms with E-state index in [9.17, 15) is 18.6 Å². The van der Waals surface area contributed by atoms with Crippen LogP contribution in [0.1, 0.15) is 6.23 Å². The summed E-state index contributed by atoms with van der Waals surface area (Å²) in [6.07, 6.45) is -0.845. The van der Waals surface area contributed by atoms with Gasteiger partial charge in [-0.25, -0.2) is 28.1 Å². The number of imidazole rings is 1. The molecule has 11 nitrogen and oxygen atoms in total. The van der Waals surface area contributed by atoms with Crippen LogP contribution in [0.15, 0.2) is 12.7 Å². The lowest BCUT2D eigenvalue weighted by atomic mass is 10.1. The second-order valence-electron chi connectivity index (χ2n) is 5.25. The van der Waals surface area contributed by atoms with Crippen molar-refractivity contribution in [3.05, 3.63) is 12.7 Å². The summed E-state index contributed by atoms with van der Waals surface area (Å²) < 4.78 is 31.5. The van der Waals surface area contributed by atoms with Crippen molar-refractivity contribution in [2.45, 2.75) is 24.5 Å². The number of sulfonamides is 1. The van der Waals surface area contributed by atoms with Gasteiger partial charge in [-0.1, -0.05) is 0 Å². The van der Waals surface area contributed by atoms with Crippen LogP contribution in [0.2, 0.25) is 0 Å². The number of hydrogen-bond donors (Lipinski definition) is 4. The van der Waals surface area contributed by atoms with Crippen LogP contribution in [0.3, 0.4) is 0 Å². The molecule has 0 amide bonds. The zero-order valence-corrected chi connectivity index (χ0v) is 12.9. The molecule has 0 radical (unpaired) electrons. The Morgan fingerprint density at radius 1 is 1.35 bits per heavy atom. The third kappa shape index (κ3) is 2.98. The second-order valence-corrected chi connectivity index (χ2v) is 7.08. The molecule has 0 spiro atoms. The number of aliphatic hydroxyl groups is 2. The van der Waals surface area contributed by atoms with Crippen LogP contribution in [-0.4, -0.2) is 69.3 Å². The first-order chi connectivity index (χ1) is 10.8. The molecule has 0 aliphatic carbocycles. The lowest BCUT2D eigenvalue weighted by Crippen LogP contribution is -2.39. The summed E-state index contributed by atoms with van der Waals surface area (Å²) >= 11 is 0. The van der Waals surface area contributed by atoms with E-state index in [2.05, 4.69) is 19.7 Å². The summed E-state index contributed by atoms with van der Waals surface area (Å²) in [6, 6.07) is 0. The number of hydrogen-bond acceptors (Lipinski definition) is 9. The van der Waals surface area contributed by atoms with E-state index in [4.69, 9.17) is 10.5 Å². The van der Waals surface area contributed by atoms with Crippen LogP contribution in [0.5, 0.6) is 0 Å². The minimum absolute atomic E-state index is 0.169. The summed E-state index contributed by atoms with van der Waals surface area (Å²) in [5.41, 5.74) is 6.38. The highest BCUT2D eigenvalue weighted by molar-refractivity contribution is 7.88. The molecule has 0 bridgehead atoms. The topological polar surface area (TPSA) is 165 Å². The summed E-state index contributed by atoms with van der Waals surface area (Å²) in [4.78, 5) is 11.9. The molecule has 2 aromatic heterocycles. The van der Waals surface area contributed by atoms with E-state index in [1.807, 2.05) is 0 Å². The first kappa shape index (κ1) is 16.0. The highest BCUT2D eigenvalue weighted by atomic mass is 32.2. The quantitative estimate of drug-likeness (QED) is 0.472. The monoisotopic (exact) mass is 344 g/mol. The third-order valence-electron chi connectivity index (χ3n) is 3.55. The minimum atomic E-state index is -3.44. The Bertz CT molecular complexity index is 823. The van der Waals surface area contributed by atoms with Crippen molar-refractivity contribution in [2.24, 2.45) is 0 Å². The molecular weight excluding hydrogens is 328 g/mol. The molecule has 1 aliphatic heterocycles. The smallest absolute Gasteiger partial charge is 0.208 e. The van der Waals surface area contributed by atoms with E-state index in [1.165, 1.54) is 17.2 Å². The van der Waals surface area contributed by atoms with Gasteiger partial charge in [0.25, 0.3) is 0 Å². The maximum Gasteiger partial charge on any atom is 0.208 e. The molecule has 12 heteroatoms. The standard InChI is InChI=1S/C11H16N6O5S/c1-23(20,21)16-2-5-7(18)8(19)11(22-5)17-4-15-6-9(12)13-3-14-10(6)17/h3-5,7-8,11,16,18-19H,2H2,1H3,(H2,12,13,14)/t5-,7-,8+,11-/m1/s1. The normalized spacial score (nSPS) is 28.5. The van der Waals surface area contributed by atoms with Gasteiger partial charge in [-0.05, 0) is 0 Å². The molecule has 1 saturated heterocycles. The zero-order chi connectivity index (χ0) is 16.8. The highest BCUT2D eigenvalue weighted by Crippen LogP contribution is 2.31. The van der Waals surface area contributed by atoms with Gasteiger partial charge in [0, 0.05) is 6.54 Å². The molecule has 5 N–H and O–H groups in total. The molecule has 0 aromatic carbocycles. The van der Waals surface area contributed by atoms with E-state index in [-0.39, 0.29) is 12.4 Å². The van der Waals surface area contributed by atoms with Gasteiger partial charge in [-0.15, -0.1) is 0 Å². The van der Waals surface area contributed by atoms with E-state index in [1.54, 1.807) is 0 Å². The number of rotatable bonds is 4. The Hall–Kier alpha value is -1.86. The zero-order valence-electron chi connectivity index (χ0n) is 12.1. The molecule has 3 heterocycles. The van der Waals surface area contributed by atoms with Gasteiger partial charge in [0.05, 0.1) is 12.6 Å². The molecule has 4 atom stereocenters. The van der Waals surface area contributed by atoms with E-state index >= 15 is 0 Å². The fourth-order valence-electron chi connectivity index (χ4n) is 2.42. The van der Waals surface area contributed by atoms with Gasteiger partial charge in [0.2, 0.25) is 10.0 Å². The van der Waals surface area contributed by atoms with Crippen molar-refractivity contribution in [1.82, 2.24) is 24.2 Å². The lowest BCUT2D eigenvalue weighted by molar-refractivity contribution is -0.0330. The summed E-state index contributed by atoms with van der Waals surface area (Å²) in [5, 5.41) is 20.2. The number of nitrogens with two attached hydrogens (primary N) is 1. The van der Waals surface area contributed by atoms with Crippen LogP contribution in [0.25, 0.3) is 11.2 Å². The molecule has 2 aromatic rings. The first-order valence-corrected chi connectivity index (χ1v) is 8.56. The molecule has 1 aliphatic rings. The van der Waals surface area contributed by atoms with E-state index in [0.717, 1.165) is 6.26 Å². The van der Waals surface area contributed by atoms with Crippen LogP contribution in [0.4, 0.5) is 5.82 Å². The van der Waals surface area contributed by atoms with Gasteiger partial charge in [0.1, 0.15) is 30.2 Å². The maximum atomic E-state index is 11.1. The average Bonchev–Trinajstić information content (AvgIpc) is 3.01. The summed E-state index contributed by atoms with van der Waals surface area (Å²) in [6.45, 7) is -0.169. The number of aliphatic hydroxyl groups excluding tert-OH is 2.